The molecule has 0 atom stereocenters. The maximum absolute atomic E-state index is 8.58. The highest BCUT2D eigenvalue weighted by atomic mass is 16.1. The molecule has 1 aromatic carbocycles. The summed E-state index contributed by atoms with van der Waals surface area (Å²) < 4.78 is 1.97. The molecule has 0 spiro atoms. The summed E-state index contributed by atoms with van der Waals surface area (Å²) in [6.45, 7) is 4.26. The van der Waals surface area contributed by atoms with E-state index in [0.29, 0.717) is 0 Å². The molecule has 2 N–H and O–H groups in total. The molecule has 0 bridgehead atoms. The highest BCUT2D eigenvalue weighted by Gasteiger charge is 2.11. The highest BCUT2D eigenvalue weighted by molar-refractivity contribution is 5.74. The maximum Gasteiger partial charge on any atom is 0.204 e. The molecule has 4 heteroatoms. The largest absolute Gasteiger partial charge is 0.372 e. The van der Waals surface area contributed by atoms with Gasteiger partial charge in [0.25, 0.3) is 0 Å². The summed E-state index contributed by atoms with van der Waals surface area (Å²) in [5.74, 6) is 0. The number of rotatable bonds is 1. The van der Waals surface area contributed by atoms with Crippen LogP contribution in [0.2, 0.25) is 0 Å². The Morgan fingerprint density at radius 1 is 1.10 bits per heavy atom. The Balaban J connectivity index is 0.000000452. The van der Waals surface area contributed by atoms with Crippen LogP contribution in [0.4, 0.5) is 0 Å². The first-order chi connectivity index (χ1) is 9.69. The monoisotopic (exact) mass is 267 g/mol. The second kappa shape index (κ2) is 6.02. The number of nitrogens with two attached hydrogens (primary N) is 1. The SMILES string of the molecule is Cc1cccn2nc(-c3ccccc3)c(C)c12.NC=O. The summed E-state index contributed by atoms with van der Waals surface area (Å²) in [7, 11) is 0. The van der Waals surface area contributed by atoms with Gasteiger partial charge in [-0.15, -0.1) is 0 Å². The van der Waals surface area contributed by atoms with E-state index in [4.69, 9.17) is 4.79 Å². The smallest absolute Gasteiger partial charge is 0.204 e. The fourth-order valence-electron chi connectivity index (χ4n) is 2.32. The third kappa shape index (κ3) is 2.54. The van der Waals surface area contributed by atoms with Gasteiger partial charge in [-0.2, -0.15) is 5.10 Å². The van der Waals surface area contributed by atoms with Crippen LogP contribution >= 0.6 is 0 Å². The van der Waals surface area contributed by atoms with Gasteiger partial charge in [0.1, 0.15) is 0 Å². The molecule has 0 aliphatic rings. The van der Waals surface area contributed by atoms with Crippen molar-refractivity contribution in [2.75, 3.05) is 0 Å². The van der Waals surface area contributed by atoms with Crippen LogP contribution in [0.1, 0.15) is 11.1 Å². The zero-order chi connectivity index (χ0) is 14.5. The van der Waals surface area contributed by atoms with Gasteiger partial charge in [-0.05, 0) is 25.5 Å². The molecule has 3 rings (SSSR count). The first kappa shape index (κ1) is 13.8. The van der Waals surface area contributed by atoms with Gasteiger partial charge in [0.2, 0.25) is 6.41 Å². The van der Waals surface area contributed by atoms with Crippen molar-refractivity contribution in [2.45, 2.75) is 13.8 Å². The molecule has 0 saturated heterocycles. The zero-order valence-corrected chi connectivity index (χ0v) is 11.6. The quantitative estimate of drug-likeness (QED) is 0.689. The number of benzene rings is 1. The average molecular weight is 267 g/mol. The van der Waals surface area contributed by atoms with Crippen molar-refractivity contribution in [1.82, 2.24) is 9.61 Å². The Morgan fingerprint density at radius 2 is 1.75 bits per heavy atom. The van der Waals surface area contributed by atoms with Crippen LogP contribution in [0.3, 0.4) is 0 Å². The molecule has 4 nitrogen and oxygen atoms in total. The molecule has 102 valence electrons. The van der Waals surface area contributed by atoms with Crippen molar-refractivity contribution >= 4 is 11.9 Å². The van der Waals surface area contributed by atoms with Crippen molar-refractivity contribution in [2.24, 2.45) is 5.73 Å². The number of carbonyl (C=O) groups is 1. The minimum atomic E-state index is 0.250. The van der Waals surface area contributed by atoms with Crippen LogP contribution in [-0.2, 0) is 4.79 Å². The van der Waals surface area contributed by atoms with E-state index in [1.807, 2.05) is 35.0 Å². The lowest BCUT2D eigenvalue weighted by Gasteiger charge is -1.98. The minimum absolute atomic E-state index is 0.250. The van der Waals surface area contributed by atoms with Crippen LogP contribution in [-0.4, -0.2) is 16.0 Å². The molecule has 2 heterocycles. The van der Waals surface area contributed by atoms with Crippen LogP contribution < -0.4 is 5.73 Å². The van der Waals surface area contributed by atoms with Gasteiger partial charge >= 0.3 is 0 Å². The van der Waals surface area contributed by atoms with Gasteiger partial charge in [-0.3, -0.25) is 4.79 Å². The van der Waals surface area contributed by atoms with E-state index in [2.05, 4.69) is 42.9 Å². The Bertz CT molecular complexity index is 717. The first-order valence-electron chi connectivity index (χ1n) is 6.34. The Morgan fingerprint density at radius 3 is 2.35 bits per heavy atom. The number of nitrogens with zero attached hydrogens (tertiary/aromatic N) is 2. The Hall–Kier alpha value is -2.62. The normalized spacial score (nSPS) is 9.90. The van der Waals surface area contributed by atoms with E-state index in [9.17, 15) is 0 Å². The molecule has 0 aliphatic heterocycles. The number of carbonyl (C=O) groups excluding carboxylic acids is 1. The standard InChI is InChI=1S/C15H14N2.CH3NO/c1-11-7-6-10-17-15(11)12(2)14(16-17)13-8-4-3-5-9-13;2-1-3/h3-10H,1-2H3;1H,(H2,2,3). The molecule has 0 saturated carbocycles. The van der Waals surface area contributed by atoms with Gasteiger partial charge < -0.3 is 5.73 Å². The van der Waals surface area contributed by atoms with Crippen molar-refractivity contribution in [3.63, 3.8) is 0 Å². The summed E-state index contributed by atoms with van der Waals surface area (Å²) in [5.41, 5.74) is 10.1. The fourth-order valence-corrected chi connectivity index (χ4v) is 2.32. The van der Waals surface area contributed by atoms with Crippen molar-refractivity contribution < 1.29 is 4.79 Å². The Kier molecular flexibility index (Phi) is 4.15. The summed E-state index contributed by atoms with van der Waals surface area (Å²) >= 11 is 0. The second-order valence-electron chi connectivity index (χ2n) is 4.46. The second-order valence-corrected chi connectivity index (χ2v) is 4.46. The molecule has 1 amide bonds. The third-order valence-corrected chi connectivity index (χ3v) is 3.14. The fraction of sp³-hybridized carbons (Fsp3) is 0.125. The van der Waals surface area contributed by atoms with Crippen LogP contribution in [0.15, 0.2) is 48.7 Å². The number of hydrogen-bond acceptors (Lipinski definition) is 2. The number of aryl methyl sites for hydroxylation is 2. The lowest BCUT2D eigenvalue weighted by molar-refractivity contribution is -0.106. The first-order valence-corrected chi connectivity index (χ1v) is 6.34. The van der Waals surface area contributed by atoms with Crippen molar-refractivity contribution in [1.29, 1.82) is 0 Å². The van der Waals surface area contributed by atoms with Crippen LogP contribution in [0, 0.1) is 13.8 Å². The van der Waals surface area contributed by atoms with Gasteiger partial charge in [0.15, 0.2) is 0 Å². The van der Waals surface area contributed by atoms with Gasteiger partial charge in [0.05, 0.1) is 11.2 Å². The number of pyridine rings is 1. The van der Waals surface area contributed by atoms with Crippen LogP contribution in [0.25, 0.3) is 16.8 Å². The molecular weight excluding hydrogens is 250 g/mol. The summed E-state index contributed by atoms with van der Waals surface area (Å²) in [4.78, 5) is 8.58. The van der Waals surface area contributed by atoms with Crippen molar-refractivity contribution in [3.8, 4) is 11.3 Å². The lowest BCUT2D eigenvalue weighted by atomic mass is 10.1. The molecule has 0 aliphatic carbocycles. The minimum Gasteiger partial charge on any atom is -0.372 e. The topological polar surface area (TPSA) is 60.4 Å². The summed E-state index contributed by atoms with van der Waals surface area (Å²) in [6, 6.07) is 14.5. The van der Waals surface area contributed by atoms with E-state index in [1.54, 1.807) is 0 Å². The molecule has 3 aromatic rings. The van der Waals surface area contributed by atoms with E-state index in [0.717, 1.165) is 5.69 Å². The van der Waals surface area contributed by atoms with Crippen molar-refractivity contribution in [3.05, 3.63) is 59.8 Å². The maximum atomic E-state index is 8.58. The number of amides is 1. The number of fused-ring (bicyclic) bond motifs is 1. The summed E-state index contributed by atoms with van der Waals surface area (Å²) in [6.07, 6.45) is 2.25. The van der Waals surface area contributed by atoms with E-state index in [-0.39, 0.29) is 6.41 Å². The molecule has 0 radical (unpaired) electrons. The number of hydrogen-bond donors (Lipinski definition) is 1. The predicted molar refractivity (Wildman–Crippen MR) is 80.4 cm³/mol. The predicted octanol–water partition coefficient (Wildman–Crippen LogP) is 2.72. The molecule has 2 aromatic heterocycles. The zero-order valence-electron chi connectivity index (χ0n) is 11.6. The lowest BCUT2D eigenvalue weighted by Crippen LogP contribution is -1.87. The number of aromatic nitrogens is 2. The molecule has 0 unspecified atom stereocenters. The molecular formula is C16H17N3O. The third-order valence-electron chi connectivity index (χ3n) is 3.14. The van der Waals surface area contributed by atoms with Gasteiger partial charge in [-0.25, -0.2) is 4.52 Å². The Labute approximate surface area is 117 Å². The average Bonchev–Trinajstić information content (AvgIpc) is 2.79. The van der Waals surface area contributed by atoms with E-state index < -0.39 is 0 Å². The van der Waals surface area contributed by atoms with E-state index in [1.165, 1.54) is 22.2 Å². The van der Waals surface area contributed by atoms with Gasteiger partial charge in [-0.1, -0.05) is 36.4 Å². The van der Waals surface area contributed by atoms with Gasteiger partial charge in [0, 0.05) is 17.3 Å². The number of primary amides is 1. The molecule has 0 fully saturated rings. The van der Waals surface area contributed by atoms with Crippen LogP contribution in [0.5, 0.6) is 0 Å². The molecule has 20 heavy (non-hydrogen) atoms. The van der Waals surface area contributed by atoms with E-state index >= 15 is 0 Å². The summed E-state index contributed by atoms with van der Waals surface area (Å²) in [5, 5.41) is 4.66. The highest BCUT2D eigenvalue weighted by Crippen LogP contribution is 2.26.